The molecule has 7 nitrogen and oxygen atoms in total. The van der Waals surface area contributed by atoms with Crippen LogP contribution in [-0.2, 0) is 14.8 Å². The van der Waals surface area contributed by atoms with E-state index in [0.29, 0.717) is 44.9 Å². The van der Waals surface area contributed by atoms with Crippen molar-refractivity contribution in [2.24, 2.45) is 0 Å². The number of hydrogen-bond donors (Lipinski definition) is 1. The van der Waals surface area contributed by atoms with Crippen molar-refractivity contribution in [3.63, 3.8) is 0 Å². The normalized spacial score (nSPS) is 17.1. The predicted molar refractivity (Wildman–Crippen MR) is 82.7 cm³/mol. The summed E-state index contributed by atoms with van der Waals surface area (Å²) in [5.41, 5.74) is 6.24. The number of sulfonamides is 1. The molecule has 1 aromatic rings. The van der Waals surface area contributed by atoms with Crippen molar-refractivity contribution in [3.8, 4) is 0 Å². The summed E-state index contributed by atoms with van der Waals surface area (Å²) >= 11 is 0. The summed E-state index contributed by atoms with van der Waals surface area (Å²) in [7, 11) is -1.61. The minimum Gasteiger partial charge on any atom is -0.397 e. The minimum atomic E-state index is -3.18. The fourth-order valence-electron chi connectivity index (χ4n) is 2.29. The van der Waals surface area contributed by atoms with E-state index < -0.39 is 10.0 Å². The quantitative estimate of drug-likeness (QED) is 0.752. The molecule has 0 spiro atoms. The smallest absolute Gasteiger partial charge is 0.214 e. The Morgan fingerprint density at radius 2 is 2.00 bits per heavy atom. The summed E-state index contributed by atoms with van der Waals surface area (Å²) in [6.45, 7) is 2.72. The number of methoxy groups -OCH3 is 1. The van der Waals surface area contributed by atoms with Crippen LogP contribution in [0.5, 0.6) is 0 Å². The van der Waals surface area contributed by atoms with E-state index in [4.69, 9.17) is 10.5 Å². The fourth-order valence-corrected chi connectivity index (χ4v) is 3.76. The second kappa shape index (κ2) is 7.06. The minimum absolute atomic E-state index is 0.140. The summed E-state index contributed by atoms with van der Waals surface area (Å²) in [6, 6.07) is 3.66. The van der Waals surface area contributed by atoms with E-state index in [1.54, 1.807) is 23.7 Å². The van der Waals surface area contributed by atoms with Crippen molar-refractivity contribution in [1.29, 1.82) is 0 Å². The molecule has 1 aliphatic heterocycles. The number of pyridine rings is 1. The lowest BCUT2D eigenvalue weighted by Crippen LogP contribution is -2.49. The fraction of sp³-hybridized carbons (Fsp3) is 0.615. The zero-order valence-corrected chi connectivity index (χ0v) is 13.1. The maximum Gasteiger partial charge on any atom is 0.214 e. The number of nitrogen functional groups attached to an aromatic ring is 1. The van der Waals surface area contributed by atoms with Crippen LogP contribution in [-0.4, -0.2) is 63.4 Å². The van der Waals surface area contributed by atoms with Crippen LogP contribution in [0.15, 0.2) is 18.3 Å². The molecule has 0 unspecified atom stereocenters. The summed E-state index contributed by atoms with van der Waals surface area (Å²) in [5, 5.41) is 0. The lowest BCUT2D eigenvalue weighted by atomic mass is 10.3. The monoisotopic (exact) mass is 314 g/mol. The van der Waals surface area contributed by atoms with Gasteiger partial charge >= 0.3 is 0 Å². The van der Waals surface area contributed by atoms with E-state index in [0.717, 1.165) is 5.82 Å². The average molecular weight is 314 g/mol. The maximum atomic E-state index is 12.2. The Labute approximate surface area is 125 Å². The van der Waals surface area contributed by atoms with Gasteiger partial charge in [0.25, 0.3) is 0 Å². The number of aromatic nitrogens is 1. The molecule has 1 aromatic heterocycles. The molecule has 0 atom stereocenters. The standard InChI is InChI=1S/C13H22N4O3S/c1-20-9-2-10-21(18,19)17-7-5-16(6-8-17)13-4-3-12(14)11-15-13/h3-4,11H,2,5-10,14H2,1H3. The van der Waals surface area contributed by atoms with Crippen LogP contribution in [0.3, 0.4) is 0 Å². The molecule has 0 radical (unpaired) electrons. The van der Waals surface area contributed by atoms with Gasteiger partial charge in [0.05, 0.1) is 17.6 Å². The van der Waals surface area contributed by atoms with E-state index in [-0.39, 0.29) is 5.75 Å². The lowest BCUT2D eigenvalue weighted by molar-refractivity contribution is 0.199. The van der Waals surface area contributed by atoms with Crippen LogP contribution in [0.4, 0.5) is 11.5 Å². The number of nitrogens with two attached hydrogens (primary N) is 1. The van der Waals surface area contributed by atoms with Gasteiger partial charge < -0.3 is 15.4 Å². The topological polar surface area (TPSA) is 88.8 Å². The van der Waals surface area contributed by atoms with Crippen LogP contribution in [0, 0.1) is 0 Å². The highest BCUT2D eigenvalue weighted by Crippen LogP contribution is 2.16. The summed E-state index contributed by atoms with van der Waals surface area (Å²) < 4.78 is 30.8. The Morgan fingerprint density at radius 3 is 2.57 bits per heavy atom. The first-order chi connectivity index (χ1) is 10.0. The molecular formula is C13H22N4O3S. The van der Waals surface area contributed by atoms with Crippen LogP contribution < -0.4 is 10.6 Å². The highest BCUT2D eigenvalue weighted by atomic mass is 32.2. The van der Waals surface area contributed by atoms with Gasteiger partial charge in [-0.2, -0.15) is 4.31 Å². The van der Waals surface area contributed by atoms with Crippen molar-refractivity contribution < 1.29 is 13.2 Å². The third-order valence-electron chi connectivity index (χ3n) is 3.48. The van der Waals surface area contributed by atoms with Gasteiger partial charge in [-0.1, -0.05) is 0 Å². The van der Waals surface area contributed by atoms with Crippen LogP contribution >= 0.6 is 0 Å². The molecule has 0 amide bonds. The molecule has 0 saturated carbocycles. The second-order valence-corrected chi connectivity index (χ2v) is 7.09. The number of anilines is 2. The van der Waals surface area contributed by atoms with E-state index in [1.807, 2.05) is 6.07 Å². The van der Waals surface area contributed by atoms with Crippen molar-refractivity contribution in [2.45, 2.75) is 6.42 Å². The third-order valence-corrected chi connectivity index (χ3v) is 5.43. The van der Waals surface area contributed by atoms with Crippen molar-refractivity contribution in [2.75, 3.05) is 56.3 Å². The second-order valence-electron chi connectivity index (χ2n) is 5.00. The number of piperazine rings is 1. The van der Waals surface area contributed by atoms with Gasteiger partial charge in [-0.3, -0.25) is 0 Å². The summed E-state index contributed by atoms with van der Waals surface area (Å²) in [5.74, 6) is 0.974. The van der Waals surface area contributed by atoms with E-state index in [2.05, 4.69) is 9.88 Å². The first-order valence-electron chi connectivity index (χ1n) is 6.96. The highest BCUT2D eigenvalue weighted by Gasteiger charge is 2.26. The largest absolute Gasteiger partial charge is 0.397 e. The molecule has 1 fully saturated rings. The first kappa shape index (κ1) is 16.0. The molecule has 2 rings (SSSR count). The maximum absolute atomic E-state index is 12.2. The van der Waals surface area contributed by atoms with Gasteiger partial charge in [0.2, 0.25) is 10.0 Å². The predicted octanol–water partition coefficient (Wildman–Crippen LogP) is 0.152. The Balaban J connectivity index is 1.89. The third kappa shape index (κ3) is 4.29. The molecule has 0 aromatic carbocycles. The van der Waals surface area contributed by atoms with Gasteiger partial charge in [-0.15, -0.1) is 0 Å². The van der Waals surface area contributed by atoms with Gasteiger partial charge in [-0.25, -0.2) is 13.4 Å². The van der Waals surface area contributed by atoms with E-state index in [9.17, 15) is 8.42 Å². The number of ether oxygens (including phenoxy) is 1. The number of nitrogens with zero attached hydrogens (tertiary/aromatic N) is 3. The molecule has 8 heteroatoms. The lowest BCUT2D eigenvalue weighted by Gasteiger charge is -2.34. The Hall–Kier alpha value is -1.38. The molecule has 2 heterocycles. The summed E-state index contributed by atoms with van der Waals surface area (Å²) in [6.07, 6.45) is 2.14. The van der Waals surface area contributed by atoms with Crippen molar-refractivity contribution >= 4 is 21.5 Å². The van der Waals surface area contributed by atoms with Gasteiger partial charge in [0.15, 0.2) is 0 Å². The molecule has 2 N–H and O–H groups in total. The molecular weight excluding hydrogens is 292 g/mol. The Bertz CT molecular complexity index is 539. The van der Waals surface area contributed by atoms with Crippen LogP contribution in [0.1, 0.15) is 6.42 Å². The number of rotatable bonds is 6. The van der Waals surface area contributed by atoms with E-state index >= 15 is 0 Å². The molecule has 1 aliphatic rings. The summed E-state index contributed by atoms with van der Waals surface area (Å²) in [4.78, 5) is 6.34. The van der Waals surface area contributed by atoms with Gasteiger partial charge in [0, 0.05) is 39.9 Å². The van der Waals surface area contributed by atoms with Crippen LogP contribution in [0.2, 0.25) is 0 Å². The molecule has 1 saturated heterocycles. The zero-order chi connectivity index (χ0) is 15.3. The molecule has 0 bridgehead atoms. The van der Waals surface area contributed by atoms with Gasteiger partial charge in [0.1, 0.15) is 5.82 Å². The molecule has 21 heavy (non-hydrogen) atoms. The Kier molecular flexibility index (Phi) is 5.38. The zero-order valence-electron chi connectivity index (χ0n) is 12.2. The van der Waals surface area contributed by atoms with E-state index in [1.165, 1.54) is 0 Å². The van der Waals surface area contributed by atoms with Gasteiger partial charge in [-0.05, 0) is 18.6 Å². The molecule has 118 valence electrons. The van der Waals surface area contributed by atoms with Crippen molar-refractivity contribution in [1.82, 2.24) is 9.29 Å². The first-order valence-corrected chi connectivity index (χ1v) is 8.57. The van der Waals surface area contributed by atoms with Crippen molar-refractivity contribution in [3.05, 3.63) is 18.3 Å². The SMILES string of the molecule is COCCCS(=O)(=O)N1CCN(c2ccc(N)cn2)CC1. The highest BCUT2D eigenvalue weighted by molar-refractivity contribution is 7.89. The van der Waals surface area contributed by atoms with Crippen LogP contribution in [0.25, 0.3) is 0 Å². The average Bonchev–Trinajstić information content (AvgIpc) is 2.48. The number of hydrogen-bond acceptors (Lipinski definition) is 6. The Morgan fingerprint density at radius 1 is 1.29 bits per heavy atom. The molecule has 0 aliphatic carbocycles.